The van der Waals surface area contributed by atoms with Crippen LogP contribution >= 0.6 is 0 Å². The maximum absolute atomic E-state index is 5.83. The molecular formula is C19H15O. The van der Waals surface area contributed by atoms with E-state index in [1.807, 2.05) is 54.6 Å². The Morgan fingerprint density at radius 2 is 1.50 bits per heavy atom. The molecule has 1 heteroatoms. The van der Waals surface area contributed by atoms with E-state index in [2.05, 4.69) is 30.3 Å². The molecule has 0 aliphatic carbocycles. The Morgan fingerprint density at radius 3 is 2.25 bits per heavy atom. The van der Waals surface area contributed by atoms with Crippen LogP contribution in [0.4, 0.5) is 0 Å². The van der Waals surface area contributed by atoms with Crippen LogP contribution in [0.5, 0.6) is 5.75 Å². The summed E-state index contributed by atoms with van der Waals surface area (Å²) in [6, 6.07) is 29.5. The zero-order valence-corrected chi connectivity index (χ0v) is 11.1. The molecule has 0 saturated carbocycles. The van der Waals surface area contributed by atoms with Gasteiger partial charge in [0.15, 0.2) is 0 Å². The Balaban J connectivity index is 1.75. The Morgan fingerprint density at radius 1 is 0.800 bits per heavy atom. The van der Waals surface area contributed by atoms with Crippen molar-refractivity contribution in [3.05, 3.63) is 90.5 Å². The van der Waals surface area contributed by atoms with Gasteiger partial charge in [-0.15, -0.1) is 0 Å². The third-order valence-corrected chi connectivity index (χ3v) is 3.11. The topological polar surface area (TPSA) is 9.23 Å². The molecule has 20 heavy (non-hydrogen) atoms. The number of hydrogen-bond acceptors (Lipinski definition) is 1. The van der Waals surface area contributed by atoms with Crippen LogP contribution in [-0.4, -0.2) is 0 Å². The van der Waals surface area contributed by atoms with Gasteiger partial charge >= 0.3 is 0 Å². The first-order valence-electron chi connectivity index (χ1n) is 6.66. The van der Waals surface area contributed by atoms with Crippen molar-refractivity contribution in [1.82, 2.24) is 0 Å². The van der Waals surface area contributed by atoms with Gasteiger partial charge in [-0.05, 0) is 34.9 Å². The van der Waals surface area contributed by atoms with Crippen molar-refractivity contribution in [2.75, 3.05) is 0 Å². The zero-order chi connectivity index (χ0) is 13.6. The average Bonchev–Trinajstić information content (AvgIpc) is 2.55. The highest BCUT2D eigenvalue weighted by Crippen LogP contribution is 2.23. The molecule has 0 heterocycles. The molecule has 1 radical (unpaired) electrons. The highest BCUT2D eigenvalue weighted by molar-refractivity contribution is 5.64. The van der Waals surface area contributed by atoms with Gasteiger partial charge in [-0.1, -0.05) is 66.7 Å². The Bertz CT molecular complexity index is 660. The highest BCUT2D eigenvalue weighted by atomic mass is 16.5. The van der Waals surface area contributed by atoms with Crippen molar-refractivity contribution >= 4 is 0 Å². The van der Waals surface area contributed by atoms with Gasteiger partial charge in [-0.25, -0.2) is 0 Å². The van der Waals surface area contributed by atoms with Crippen LogP contribution in [0.15, 0.2) is 78.9 Å². The molecule has 0 bridgehead atoms. The molecule has 0 aromatic heterocycles. The first-order chi connectivity index (χ1) is 9.92. The lowest BCUT2D eigenvalue weighted by molar-refractivity contribution is 0.306. The molecule has 3 aromatic rings. The van der Waals surface area contributed by atoms with Crippen LogP contribution < -0.4 is 4.74 Å². The average molecular weight is 259 g/mol. The summed E-state index contributed by atoms with van der Waals surface area (Å²) in [4.78, 5) is 0. The molecule has 0 fully saturated rings. The lowest BCUT2D eigenvalue weighted by atomic mass is 10.1. The van der Waals surface area contributed by atoms with E-state index >= 15 is 0 Å². The Labute approximate surface area is 119 Å². The zero-order valence-electron chi connectivity index (χ0n) is 11.1. The van der Waals surface area contributed by atoms with Crippen molar-refractivity contribution in [2.24, 2.45) is 0 Å². The fourth-order valence-corrected chi connectivity index (χ4v) is 2.06. The summed E-state index contributed by atoms with van der Waals surface area (Å²) in [5.41, 5.74) is 3.37. The molecule has 0 unspecified atom stereocenters. The number of hydrogen-bond donors (Lipinski definition) is 0. The number of rotatable bonds is 4. The smallest absolute Gasteiger partial charge is 0.120 e. The molecular weight excluding hydrogens is 244 g/mol. The van der Waals surface area contributed by atoms with Crippen molar-refractivity contribution in [3.63, 3.8) is 0 Å². The Hall–Kier alpha value is -2.54. The predicted octanol–water partition coefficient (Wildman–Crippen LogP) is 4.73. The van der Waals surface area contributed by atoms with Crippen LogP contribution in [0.3, 0.4) is 0 Å². The van der Waals surface area contributed by atoms with E-state index in [9.17, 15) is 0 Å². The van der Waals surface area contributed by atoms with Crippen molar-refractivity contribution < 1.29 is 4.74 Å². The summed E-state index contributed by atoms with van der Waals surface area (Å²) >= 11 is 0. The minimum Gasteiger partial charge on any atom is -0.489 e. The van der Waals surface area contributed by atoms with Crippen LogP contribution in [-0.2, 0) is 6.61 Å². The second-order valence-electron chi connectivity index (χ2n) is 4.58. The fourth-order valence-electron chi connectivity index (χ4n) is 2.06. The van der Waals surface area contributed by atoms with E-state index in [1.165, 1.54) is 5.56 Å². The van der Waals surface area contributed by atoms with Crippen LogP contribution in [0.2, 0.25) is 0 Å². The van der Waals surface area contributed by atoms with Gasteiger partial charge in [0.1, 0.15) is 12.4 Å². The number of benzene rings is 3. The van der Waals surface area contributed by atoms with Crippen molar-refractivity contribution in [3.8, 4) is 16.9 Å². The molecule has 0 amide bonds. The summed E-state index contributed by atoms with van der Waals surface area (Å²) in [5, 5.41) is 0. The molecule has 0 aliphatic rings. The standard InChI is InChI=1S/C19H15O/c1-3-8-16(9-4-1)15-20-19-13-7-12-18(14-19)17-10-5-2-6-11-17/h1-11,13-14H,15H2. The van der Waals surface area contributed by atoms with Gasteiger partial charge in [-0.2, -0.15) is 0 Å². The lowest BCUT2D eigenvalue weighted by Gasteiger charge is -2.08. The monoisotopic (exact) mass is 259 g/mol. The minimum absolute atomic E-state index is 0.582. The van der Waals surface area contributed by atoms with E-state index < -0.39 is 0 Å². The maximum atomic E-state index is 5.83. The van der Waals surface area contributed by atoms with Gasteiger partial charge in [0.2, 0.25) is 0 Å². The van der Waals surface area contributed by atoms with E-state index in [0.29, 0.717) is 6.61 Å². The summed E-state index contributed by atoms with van der Waals surface area (Å²) in [6.45, 7) is 0.582. The summed E-state index contributed by atoms with van der Waals surface area (Å²) < 4.78 is 5.83. The van der Waals surface area contributed by atoms with E-state index in [1.54, 1.807) is 0 Å². The molecule has 3 rings (SSSR count). The fraction of sp³-hybridized carbons (Fsp3) is 0.0526. The molecule has 1 nitrogen and oxygen atoms in total. The lowest BCUT2D eigenvalue weighted by Crippen LogP contribution is -1.95. The summed E-state index contributed by atoms with van der Waals surface area (Å²) in [5.74, 6) is 0.867. The second-order valence-corrected chi connectivity index (χ2v) is 4.58. The van der Waals surface area contributed by atoms with E-state index in [4.69, 9.17) is 4.74 Å². The van der Waals surface area contributed by atoms with Gasteiger partial charge in [0.05, 0.1) is 0 Å². The normalized spacial score (nSPS) is 10.2. The molecule has 0 N–H and O–H groups in total. The van der Waals surface area contributed by atoms with Crippen molar-refractivity contribution in [2.45, 2.75) is 6.61 Å². The minimum atomic E-state index is 0.582. The van der Waals surface area contributed by atoms with Gasteiger partial charge in [0, 0.05) is 0 Å². The Kier molecular flexibility index (Phi) is 3.79. The van der Waals surface area contributed by atoms with Crippen molar-refractivity contribution in [1.29, 1.82) is 0 Å². The molecule has 97 valence electrons. The quantitative estimate of drug-likeness (QED) is 0.658. The van der Waals surface area contributed by atoms with E-state index in [0.717, 1.165) is 16.9 Å². The van der Waals surface area contributed by atoms with Crippen LogP contribution in [0.1, 0.15) is 5.56 Å². The largest absolute Gasteiger partial charge is 0.489 e. The third kappa shape index (κ3) is 3.07. The van der Waals surface area contributed by atoms with Gasteiger partial charge < -0.3 is 4.74 Å². The molecule has 3 aromatic carbocycles. The van der Waals surface area contributed by atoms with Gasteiger partial charge in [0.25, 0.3) is 0 Å². The van der Waals surface area contributed by atoms with E-state index in [-0.39, 0.29) is 0 Å². The maximum Gasteiger partial charge on any atom is 0.120 e. The van der Waals surface area contributed by atoms with Crippen LogP contribution in [0, 0.1) is 6.07 Å². The highest BCUT2D eigenvalue weighted by Gasteiger charge is 2.00. The number of ether oxygens (including phenoxy) is 1. The molecule has 0 aliphatic heterocycles. The molecule has 0 spiro atoms. The van der Waals surface area contributed by atoms with Crippen LogP contribution in [0.25, 0.3) is 11.1 Å². The molecule has 0 atom stereocenters. The SMILES string of the molecule is [c]1ccc(OCc2ccccc2)cc1-c1ccccc1. The van der Waals surface area contributed by atoms with Gasteiger partial charge in [-0.3, -0.25) is 0 Å². The second kappa shape index (κ2) is 6.07. The predicted molar refractivity (Wildman–Crippen MR) is 81.5 cm³/mol. The first-order valence-corrected chi connectivity index (χ1v) is 6.66. The molecule has 0 saturated heterocycles. The third-order valence-electron chi connectivity index (χ3n) is 3.11. The first kappa shape index (κ1) is 12.5. The summed E-state index contributed by atoms with van der Waals surface area (Å²) in [7, 11) is 0. The summed E-state index contributed by atoms with van der Waals surface area (Å²) in [6.07, 6.45) is 0.